The second-order valence-electron chi connectivity index (χ2n) is 4.35. The van der Waals surface area contributed by atoms with Crippen LogP contribution in [0, 0.1) is 5.82 Å². The van der Waals surface area contributed by atoms with Crippen molar-refractivity contribution in [2.45, 2.75) is 23.8 Å². The molecular weight excluding hydrogens is 271 g/mol. The van der Waals surface area contributed by atoms with E-state index in [1.807, 2.05) is 0 Å². The van der Waals surface area contributed by atoms with Crippen molar-refractivity contribution in [1.82, 2.24) is 9.62 Å². The second kappa shape index (κ2) is 5.26. The van der Waals surface area contributed by atoms with Gasteiger partial charge in [0.1, 0.15) is 11.9 Å². The first-order valence-corrected chi connectivity index (χ1v) is 7.40. The first-order chi connectivity index (χ1) is 8.96. The summed E-state index contributed by atoms with van der Waals surface area (Å²) < 4.78 is 39.1. The largest absolute Gasteiger partial charge is 0.358 e. The van der Waals surface area contributed by atoms with E-state index in [4.69, 9.17) is 0 Å². The Balaban J connectivity index is 2.36. The quantitative estimate of drug-likeness (QED) is 0.890. The molecule has 0 radical (unpaired) electrons. The van der Waals surface area contributed by atoms with Crippen molar-refractivity contribution < 1.29 is 17.6 Å². The van der Waals surface area contributed by atoms with Crippen molar-refractivity contribution in [2.75, 3.05) is 13.6 Å². The number of benzene rings is 1. The van der Waals surface area contributed by atoms with Gasteiger partial charge < -0.3 is 5.32 Å². The Morgan fingerprint density at radius 2 is 2.21 bits per heavy atom. The molecule has 1 aromatic rings. The van der Waals surface area contributed by atoms with Gasteiger partial charge in [-0.2, -0.15) is 4.31 Å². The Labute approximate surface area is 111 Å². The van der Waals surface area contributed by atoms with Crippen LogP contribution in [0.3, 0.4) is 0 Å². The monoisotopic (exact) mass is 286 g/mol. The molecule has 104 valence electrons. The number of carbonyl (C=O) groups excluding carboxylic acids is 1. The molecule has 0 bridgehead atoms. The molecule has 0 spiro atoms. The van der Waals surface area contributed by atoms with E-state index in [-0.39, 0.29) is 17.3 Å². The lowest BCUT2D eigenvalue weighted by Gasteiger charge is -2.22. The summed E-state index contributed by atoms with van der Waals surface area (Å²) in [5.74, 6) is -0.950. The smallest absolute Gasteiger partial charge is 0.243 e. The molecule has 1 aliphatic rings. The van der Waals surface area contributed by atoms with Crippen LogP contribution in [0.1, 0.15) is 12.8 Å². The van der Waals surface area contributed by atoms with Gasteiger partial charge in [0.15, 0.2) is 0 Å². The van der Waals surface area contributed by atoms with Gasteiger partial charge in [0, 0.05) is 13.6 Å². The van der Waals surface area contributed by atoms with Gasteiger partial charge in [0.2, 0.25) is 15.9 Å². The summed E-state index contributed by atoms with van der Waals surface area (Å²) in [6.45, 7) is 0.275. The number of hydrogen-bond acceptors (Lipinski definition) is 3. The third-order valence-electron chi connectivity index (χ3n) is 3.16. The first-order valence-electron chi connectivity index (χ1n) is 5.96. The van der Waals surface area contributed by atoms with Crippen molar-refractivity contribution >= 4 is 15.9 Å². The summed E-state index contributed by atoms with van der Waals surface area (Å²) in [5.41, 5.74) is 0. The molecule has 7 heteroatoms. The maximum atomic E-state index is 13.1. The number of nitrogens with zero attached hydrogens (tertiary/aromatic N) is 1. The Morgan fingerprint density at radius 3 is 2.84 bits per heavy atom. The summed E-state index contributed by atoms with van der Waals surface area (Å²) in [5, 5.41) is 2.45. The standard InChI is InChI=1S/C12H15FN2O3S/c1-14-12(16)11-6-3-7-15(11)19(17,18)10-5-2-4-9(13)8-10/h2,4-5,8,11H,3,6-7H2,1H3,(H,14,16). The SMILES string of the molecule is CNC(=O)C1CCCN1S(=O)(=O)c1cccc(F)c1. The van der Waals surface area contributed by atoms with Crippen LogP contribution in [0.4, 0.5) is 4.39 Å². The summed E-state index contributed by atoms with van der Waals surface area (Å²) in [6, 6.07) is 4.11. The van der Waals surface area contributed by atoms with Gasteiger partial charge in [0.25, 0.3) is 0 Å². The number of hydrogen-bond donors (Lipinski definition) is 1. The highest BCUT2D eigenvalue weighted by atomic mass is 32.2. The zero-order chi connectivity index (χ0) is 14.0. The predicted molar refractivity (Wildman–Crippen MR) is 67.4 cm³/mol. The zero-order valence-corrected chi connectivity index (χ0v) is 11.3. The molecule has 1 unspecified atom stereocenters. The molecule has 0 aromatic heterocycles. The molecule has 5 nitrogen and oxygen atoms in total. The van der Waals surface area contributed by atoms with Crippen LogP contribution in [0.5, 0.6) is 0 Å². The van der Waals surface area contributed by atoms with Gasteiger partial charge in [0.05, 0.1) is 4.90 Å². The van der Waals surface area contributed by atoms with Crippen LogP contribution in [0.15, 0.2) is 29.2 Å². The molecule has 1 saturated heterocycles. The molecule has 1 amide bonds. The second-order valence-corrected chi connectivity index (χ2v) is 6.24. The number of rotatable bonds is 3. The highest BCUT2D eigenvalue weighted by Crippen LogP contribution is 2.26. The highest BCUT2D eigenvalue weighted by Gasteiger charge is 2.39. The Kier molecular flexibility index (Phi) is 3.86. The summed E-state index contributed by atoms with van der Waals surface area (Å²) in [6.07, 6.45) is 1.10. The lowest BCUT2D eigenvalue weighted by atomic mass is 10.2. The molecule has 1 fully saturated rings. The van der Waals surface area contributed by atoms with Gasteiger partial charge >= 0.3 is 0 Å². The molecule has 1 atom stereocenters. The van der Waals surface area contributed by atoms with E-state index < -0.39 is 21.9 Å². The third kappa shape index (κ3) is 2.62. The first kappa shape index (κ1) is 14.0. The molecule has 0 aliphatic carbocycles. The van der Waals surface area contributed by atoms with E-state index in [0.717, 1.165) is 10.4 Å². The van der Waals surface area contributed by atoms with Crippen molar-refractivity contribution in [3.63, 3.8) is 0 Å². The Hall–Kier alpha value is -1.47. The molecule has 1 heterocycles. The fraction of sp³-hybridized carbons (Fsp3) is 0.417. The lowest BCUT2D eigenvalue weighted by molar-refractivity contribution is -0.123. The minimum atomic E-state index is -3.83. The molecule has 2 rings (SSSR count). The van der Waals surface area contributed by atoms with Gasteiger partial charge in [-0.25, -0.2) is 12.8 Å². The van der Waals surface area contributed by atoms with Gasteiger partial charge in [-0.3, -0.25) is 4.79 Å². The van der Waals surface area contributed by atoms with Crippen LogP contribution in [-0.4, -0.2) is 38.3 Å². The number of carbonyl (C=O) groups is 1. The number of nitrogens with one attached hydrogen (secondary N) is 1. The number of amides is 1. The fourth-order valence-corrected chi connectivity index (χ4v) is 3.91. The van der Waals surface area contributed by atoms with Crippen molar-refractivity contribution in [2.24, 2.45) is 0 Å². The van der Waals surface area contributed by atoms with Gasteiger partial charge in [-0.05, 0) is 31.0 Å². The van der Waals surface area contributed by atoms with Crippen LogP contribution in [0.25, 0.3) is 0 Å². The summed E-state index contributed by atoms with van der Waals surface area (Å²) in [7, 11) is -2.37. The van der Waals surface area contributed by atoms with Crippen LogP contribution < -0.4 is 5.32 Å². The highest BCUT2D eigenvalue weighted by molar-refractivity contribution is 7.89. The minimum absolute atomic E-state index is 0.122. The lowest BCUT2D eigenvalue weighted by Crippen LogP contribution is -2.44. The van der Waals surface area contributed by atoms with Crippen LogP contribution in [-0.2, 0) is 14.8 Å². The van der Waals surface area contributed by atoms with Gasteiger partial charge in [-0.1, -0.05) is 6.07 Å². The van der Waals surface area contributed by atoms with Crippen molar-refractivity contribution in [1.29, 1.82) is 0 Å². The third-order valence-corrected chi connectivity index (χ3v) is 5.06. The fourth-order valence-electron chi connectivity index (χ4n) is 2.22. The number of halogens is 1. The average Bonchev–Trinajstić information content (AvgIpc) is 2.87. The van der Waals surface area contributed by atoms with E-state index in [1.165, 1.54) is 25.2 Å². The van der Waals surface area contributed by atoms with Gasteiger partial charge in [-0.15, -0.1) is 0 Å². The van der Waals surface area contributed by atoms with Crippen LogP contribution in [0.2, 0.25) is 0 Å². The van der Waals surface area contributed by atoms with Crippen molar-refractivity contribution in [3.8, 4) is 0 Å². The molecule has 1 N–H and O–H groups in total. The van der Waals surface area contributed by atoms with E-state index in [1.54, 1.807) is 0 Å². The molecule has 1 aliphatic heterocycles. The number of sulfonamides is 1. The van der Waals surface area contributed by atoms with E-state index in [9.17, 15) is 17.6 Å². The molecular formula is C12H15FN2O3S. The average molecular weight is 286 g/mol. The van der Waals surface area contributed by atoms with E-state index in [0.29, 0.717) is 12.8 Å². The normalized spacial score (nSPS) is 20.4. The van der Waals surface area contributed by atoms with E-state index >= 15 is 0 Å². The zero-order valence-electron chi connectivity index (χ0n) is 10.5. The summed E-state index contributed by atoms with van der Waals surface area (Å²) >= 11 is 0. The minimum Gasteiger partial charge on any atom is -0.358 e. The maximum absolute atomic E-state index is 13.1. The Bertz CT molecular complexity index is 588. The van der Waals surface area contributed by atoms with E-state index in [2.05, 4.69) is 5.32 Å². The van der Waals surface area contributed by atoms with Crippen molar-refractivity contribution in [3.05, 3.63) is 30.1 Å². The predicted octanol–water partition coefficient (Wildman–Crippen LogP) is 0.725. The topological polar surface area (TPSA) is 66.5 Å². The summed E-state index contributed by atoms with van der Waals surface area (Å²) in [4.78, 5) is 11.6. The Morgan fingerprint density at radius 1 is 1.47 bits per heavy atom. The molecule has 1 aromatic carbocycles. The molecule has 19 heavy (non-hydrogen) atoms. The van der Waals surface area contributed by atoms with Crippen LogP contribution >= 0.6 is 0 Å². The number of likely N-dealkylation sites (N-methyl/N-ethyl adjacent to an activating group) is 1. The molecule has 0 saturated carbocycles. The maximum Gasteiger partial charge on any atom is 0.243 e.